The fourth-order valence-electron chi connectivity index (χ4n) is 4.82. The molecule has 0 unspecified atom stereocenters. The van der Waals surface area contributed by atoms with Crippen LogP contribution in [0.3, 0.4) is 0 Å². The number of hydrogen-bond donors (Lipinski definition) is 0. The minimum atomic E-state index is 0.414. The summed E-state index contributed by atoms with van der Waals surface area (Å²) in [6.45, 7) is 4.80. The van der Waals surface area contributed by atoms with Crippen LogP contribution in [0.5, 0.6) is 0 Å². The molecular weight excluding hydrogens is 200 g/mol. The third-order valence-electron chi connectivity index (χ3n) is 5.47. The molecule has 16 heavy (non-hydrogen) atoms. The topological polar surface area (TPSA) is 18.5 Å². The van der Waals surface area contributed by atoms with Crippen molar-refractivity contribution < 1.29 is 9.47 Å². The third kappa shape index (κ3) is 1.20. The zero-order valence-corrected chi connectivity index (χ0v) is 10.3. The normalized spacial score (nSPS) is 46.1. The molecular formula is C14H22O2. The second-order valence-electron chi connectivity index (χ2n) is 5.92. The van der Waals surface area contributed by atoms with Crippen LogP contribution in [0.1, 0.15) is 44.9 Å². The molecule has 3 saturated carbocycles. The van der Waals surface area contributed by atoms with Gasteiger partial charge in [-0.15, -0.1) is 0 Å². The van der Waals surface area contributed by atoms with Crippen LogP contribution in [0.2, 0.25) is 0 Å². The van der Waals surface area contributed by atoms with E-state index in [9.17, 15) is 0 Å². The van der Waals surface area contributed by atoms with Crippen LogP contribution in [0.25, 0.3) is 0 Å². The molecule has 90 valence electrons. The molecule has 2 heteroatoms. The molecule has 0 amide bonds. The second-order valence-corrected chi connectivity index (χ2v) is 5.92. The Morgan fingerprint density at radius 1 is 1.31 bits per heavy atom. The van der Waals surface area contributed by atoms with Crippen molar-refractivity contribution >= 4 is 0 Å². The predicted molar refractivity (Wildman–Crippen MR) is 63.1 cm³/mol. The molecule has 0 saturated heterocycles. The smallest absolute Gasteiger partial charge is 0.146 e. The summed E-state index contributed by atoms with van der Waals surface area (Å²) in [4.78, 5) is 0. The van der Waals surface area contributed by atoms with Crippen LogP contribution in [-0.2, 0) is 9.47 Å². The van der Waals surface area contributed by atoms with Gasteiger partial charge in [0.05, 0.1) is 6.10 Å². The second kappa shape index (κ2) is 3.58. The molecule has 0 aromatic carbocycles. The molecule has 3 aliphatic carbocycles. The van der Waals surface area contributed by atoms with Gasteiger partial charge in [-0.2, -0.15) is 0 Å². The van der Waals surface area contributed by atoms with Gasteiger partial charge in [-0.1, -0.05) is 18.6 Å². The lowest BCUT2D eigenvalue weighted by molar-refractivity contribution is -0.0740. The standard InChI is InChI=1S/C14H22O2/c1-11-4-7-13-5-3-6-14(11,13)9-12(8-13)16-10-15-2/h12H,1,3-10H2,2H3/t12-,13-,14-/m0/s1. The maximum atomic E-state index is 5.80. The molecule has 3 rings (SSSR count). The summed E-state index contributed by atoms with van der Waals surface area (Å²) in [6.07, 6.45) is 9.64. The van der Waals surface area contributed by atoms with Crippen molar-refractivity contribution in [1.29, 1.82) is 0 Å². The van der Waals surface area contributed by atoms with Gasteiger partial charge in [-0.25, -0.2) is 0 Å². The summed E-state index contributed by atoms with van der Waals surface area (Å²) in [6, 6.07) is 0. The first-order valence-electron chi connectivity index (χ1n) is 6.51. The molecule has 0 bridgehead atoms. The number of rotatable bonds is 3. The summed E-state index contributed by atoms with van der Waals surface area (Å²) in [7, 11) is 1.70. The van der Waals surface area contributed by atoms with Gasteiger partial charge < -0.3 is 9.47 Å². The molecule has 2 nitrogen and oxygen atoms in total. The Hall–Kier alpha value is -0.340. The van der Waals surface area contributed by atoms with Gasteiger partial charge in [0.25, 0.3) is 0 Å². The Bertz CT molecular complexity index is 312. The van der Waals surface area contributed by atoms with Crippen LogP contribution in [-0.4, -0.2) is 20.0 Å². The number of ether oxygens (including phenoxy) is 2. The molecule has 0 N–H and O–H groups in total. The number of methoxy groups -OCH3 is 1. The van der Waals surface area contributed by atoms with Gasteiger partial charge in [-0.3, -0.25) is 0 Å². The molecule has 0 radical (unpaired) electrons. The van der Waals surface area contributed by atoms with E-state index in [0.717, 1.165) is 0 Å². The molecule has 0 aliphatic heterocycles. The van der Waals surface area contributed by atoms with E-state index in [4.69, 9.17) is 9.47 Å². The van der Waals surface area contributed by atoms with Gasteiger partial charge in [0.2, 0.25) is 0 Å². The Morgan fingerprint density at radius 3 is 2.94 bits per heavy atom. The van der Waals surface area contributed by atoms with E-state index < -0.39 is 0 Å². The summed E-state index contributed by atoms with van der Waals surface area (Å²) < 4.78 is 10.8. The molecule has 0 spiro atoms. The molecule has 0 aromatic rings. The quantitative estimate of drug-likeness (QED) is 0.539. The fraction of sp³-hybridized carbons (Fsp3) is 0.857. The van der Waals surface area contributed by atoms with E-state index >= 15 is 0 Å². The average Bonchev–Trinajstić information content (AvgIpc) is 2.81. The lowest BCUT2D eigenvalue weighted by atomic mass is 9.69. The highest BCUT2D eigenvalue weighted by Gasteiger charge is 2.64. The molecule has 3 atom stereocenters. The lowest BCUT2D eigenvalue weighted by Gasteiger charge is -2.34. The van der Waals surface area contributed by atoms with E-state index in [1.54, 1.807) is 7.11 Å². The van der Waals surface area contributed by atoms with Crippen LogP contribution in [0, 0.1) is 10.8 Å². The zero-order chi connectivity index (χ0) is 11.2. The molecule has 0 heterocycles. The van der Waals surface area contributed by atoms with Crippen molar-refractivity contribution in [1.82, 2.24) is 0 Å². The summed E-state index contributed by atoms with van der Waals surface area (Å²) in [5, 5.41) is 0. The maximum Gasteiger partial charge on any atom is 0.146 e. The summed E-state index contributed by atoms with van der Waals surface area (Å²) >= 11 is 0. The first kappa shape index (κ1) is 10.8. The van der Waals surface area contributed by atoms with Crippen molar-refractivity contribution in [2.75, 3.05) is 13.9 Å². The zero-order valence-electron chi connectivity index (χ0n) is 10.3. The lowest BCUT2D eigenvalue weighted by Crippen LogP contribution is -2.26. The summed E-state index contributed by atoms with van der Waals surface area (Å²) in [5.74, 6) is 0. The molecule has 3 aliphatic rings. The third-order valence-corrected chi connectivity index (χ3v) is 5.47. The monoisotopic (exact) mass is 222 g/mol. The SMILES string of the molecule is C=C1CC[C@]23CCC[C@]12C[C@@H](OCOC)C3. The van der Waals surface area contributed by atoms with E-state index in [2.05, 4.69) is 6.58 Å². The van der Waals surface area contributed by atoms with E-state index in [0.29, 0.717) is 23.7 Å². The fourth-order valence-corrected chi connectivity index (χ4v) is 4.82. The van der Waals surface area contributed by atoms with Crippen molar-refractivity contribution in [3.05, 3.63) is 12.2 Å². The highest BCUT2D eigenvalue weighted by molar-refractivity contribution is 5.29. The van der Waals surface area contributed by atoms with E-state index in [-0.39, 0.29) is 0 Å². The Balaban J connectivity index is 1.81. The number of allylic oxidation sites excluding steroid dienone is 1. The van der Waals surface area contributed by atoms with Gasteiger partial charge in [0.15, 0.2) is 0 Å². The largest absolute Gasteiger partial charge is 0.359 e. The van der Waals surface area contributed by atoms with E-state index in [1.165, 1.54) is 50.5 Å². The average molecular weight is 222 g/mol. The Labute approximate surface area is 98.0 Å². The highest BCUT2D eigenvalue weighted by atomic mass is 16.7. The van der Waals surface area contributed by atoms with Crippen molar-refractivity contribution in [2.45, 2.75) is 51.0 Å². The van der Waals surface area contributed by atoms with Gasteiger partial charge in [-0.05, 0) is 49.4 Å². The Kier molecular flexibility index (Phi) is 2.41. The van der Waals surface area contributed by atoms with E-state index in [1.807, 2.05) is 0 Å². The van der Waals surface area contributed by atoms with Crippen LogP contribution >= 0.6 is 0 Å². The maximum absolute atomic E-state index is 5.80. The minimum absolute atomic E-state index is 0.414. The van der Waals surface area contributed by atoms with Crippen LogP contribution < -0.4 is 0 Å². The van der Waals surface area contributed by atoms with Crippen LogP contribution in [0.4, 0.5) is 0 Å². The van der Waals surface area contributed by atoms with Gasteiger partial charge in [0, 0.05) is 7.11 Å². The molecule has 3 fully saturated rings. The van der Waals surface area contributed by atoms with Crippen molar-refractivity contribution in [3.63, 3.8) is 0 Å². The molecule has 0 aromatic heterocycles. The number of hydrogen-bond acceptors (Lipinski definition) is 2. The first-order valence-corrected chi connectivity index (χ1v) is 6.51. The first-order chi connectivity index (χ1) is 7.72. The van der Waals surface area contributed by atoms with Gasteiger partial charge >= 0.3 is 0 Å². The van der Waals surface area contributed by atoms with Crippen LogP contribution in [0.15, 0.2) is 12.2 Å². The van der Waals surface area contributed by atoms with Gasteiger partial charge in [0.1, 0.15) is 6.79 Å². The van der Waals surface area contributed by atoms with Crippen molar-refractivity contribution in [3.8, 4) is 0 Å². The summed E-state index contributed by atoms with van der Waals surface area (Å²) in [5.41, 5.74) is 2.53. The Morgan fingerprint density at radius 2 is 2.19 bits per heavy atom. The predicted octanol–water partition coefficient (Wildman–Crippen LogP) is 3.28. The highest BCUT2D eigenvalue weighted by Crippen LogP contribution is 2.72. The van der Waals surface area contributed by atoms with Crippen molar-refractivity contribution in [2.24, 2.45) is 10.8 Å². The minimum Gasteiger partial charge on any atom is -0.359 e.